The molecule has 132 valence electrons. The van der Waals surface area contributed by atoms with E-state index in [4.69, 9.17) is 4.74 Å². The summed E-state index contributed by atoms with van der Waals surface area (Å²) in [5.41, 5.74) is -0.631. The fourth-order valence-corrected chi connectivity index (χ4v) is 2.24. The number of rotatable bonds is 9. The molecule has 1 aromatic rings. The molecule has 24 heavy (non-hydrogen) atoms. The summed E-state index contributed by atoms with van der Waals surface area (Å²) in [4.78, 5) is 32.8. The highest BCUT2D eigenvalue weighted by molar-refractivity contribution is 5.75. The van der Waals surface area contributed by atoms with Gasteiger partial charge in [-0.2, -0.15) is 0 Å². The van der Waals surface area contributed by atoms with Crippen LogP contribution in [0, 0.1) is 20.2 Å². The van der Waals surface area contributed by atoms with Gasteiger partial charge >= 0.3 is 11.7 Å². The number of hydrogen-bond donors (Lipinski definition) is 0. The molecule has 1 aromatic carbocycles. The molecule has 0 aromatic heterocycles. The van der Waals surface area contributed by atoms with Crippen molar-refractivity contribution in [2.24, 2.45) is 0 Å². The first kappa shape index (κ1) is 19.5. The molecular formula is C16H22N2O6. The van der Waals surface area contributed by atoms with Gasteiger partial charge in [-0.3, -0.25) is 25.0 Å². The number of ether oxygens (including phenoxy) is 1. The highest BCUT2D eigenvalue weighted by atomic mass is 16.6. The second-order valence-corrected chi connectivity index (χ2v) is 5.64. The zero-order valence-electron chi connectivity index (χ0n) is 14.1. The van der Waals surface area contributed by atoms with E-state index >= 15 is 0 Å². The topological polar surface area (TPSA) is 113 Å². The zero-order valence-corrected chi connectivity index (χ0v) is 14.1. The average Bonchev–Trinajstić information content (AvgIpc) is 2.53. The third kappa shape index (κ3) is 5.00. The lowest BCUT2D eigenvalue weighted by Gasteiger charge is -2.15. The van der Waals surface area contributed by atoms with Crippen LogP contribution in [0.1, 0.15) is 64.4 Å². The number of hydrogen-bond acceptors (Lipinski definition) is 6. The molecule has 0 bridgehead atoms. The van der Waals surface area contributed by atoms with Crippen LogP contribution in [0.5, 0.6) is 5.75 Å². The molecule has 8 nitrogen and oxygen atoms in total. The Bertz CT molecular complexity index is 629. The van der Waals surface area contributed by atoms with Gasteiger partial charge in [-0.15, -0.1) is 0 Å². The Hall–Kier alpha value is -2.51. The van der Waals surface area contributed by atoms with Crippen molar-refractivity contribution in [2.45, 2.75) is 58.8 Å². The van der Waals surface area contributed by atoms with Crippen LogP contribution in [0.3, 0.4) is 0 Å². The van der Waals surface area contributed by atoms with Gasteiger partial charge in [0.1, 0.15) is 0 Å². The minimum atomic E-state index is -0.756. The van der Waals surface area contributed by atoms with E-state index in [9.17, 15) is 25.0 Å². The van der Waals surface area contributed by atoms with Gasteiger partial charge in [0.15, 0.2) is 0 Å². The number of nitro groups is 2. The molecule has 1 atom stereocenters. The lowest BCUT2D eigenvalue weighted by Crippen LogP contribution is -2.12. The van der Waals surface area contributed by atoms with Crippen molar-refractivity contribution >= 4 is 17.3 Å². The predicted molar refractivity (Wildman–Crippen MR) is 88.2 cm³/mol. The minimum Gasteiger partial charge on any atom is -0.419 e. The first-order valence-corrected chi connectivity index (χ1v) is 7.99. The third-order valence-corrected chi connectivity index (χ3v) is 3.83. The monoisotopic (exact) mass is 338 g/mol. The van der Waals surface area contributed by atoms with E-state index in [0.29, 0.717) is 18.4 Å². The molecule has 0 amide bonds. The van der Waals surface area contributed by atoms with Crippen LogP contribution in [-0.2, 0) is 4.79 Å². The summed E-state index contributed by atoms with van der Waals surface area (Å²) in [6, 6.07) is 2.08. The maximum Gasteiger partial charge on any atom is 0.318 e. The van der Waals surface area contributed by atoms with Gasteiger partial charge in [0.05, 0.1) is 15.9 Å². The number of esters is 1. The number of non-ortho nitro benzene ring substituents is 1. The fraction of sp³-hybridized carbons (Fsp3) is 0.562. The normalized spacial score (nSPS) is 11.8. The Morgan fingerprint density at radius 3 is 2.33 bits per heavy atom. The van der Waals surface area contributed by atoms with Crippen LogP contribution in [-0.4, -0.2) is 15.8 Å². The maximum atomic E-state index is 12.0. The Kier molecular flexibility index (Phi) is 7.29. The Morgan fingerprint density at radius 2 is 1.83 bits per heavy atom. The zero-order chi connectivity index (χ0) is 18.3. The van der Waals surface area contributed by atoms with Crippen LogP contribution < -0.4 is 4.74 Å². The molecule has 0 saturated carbocycles. The van der Waals surface area contributed by atoms with Crippen molar-refractivity contribution in [1.82, 2.24) is 0 Å². The smallest absolute Gasteiger partial charge is 0.318 e. The standard InChI is InChI=1S/C16H22N2O6/c1-4-6-7-8-15(19)24-16-13(11(3)5-2)9-12(17(20)21)10-14(16)18(22)23/h9-11H,4-8H2,1-3H3/t11-/m0/s1. The Balaban J connectivity index is 3.30. The number of nitro benzene ring substituents is 2. The highest BCUT2D eigenvalue weighted by Gasteiger charge is 2.29. The van der Waals surface area contributed by atoms with Crippen molar-refractivity contribution < 1.29 is 19.4 Å². The Labute approximate surface area is 140 Å². The first-order valence-electron chi connectivity index (χ1n) is 7.99. The van der Waals surface area contributed by atoms with E-state index in [1.807, 2.05) is 13.8 Å². The minimum absolute atomic E-state index is 0.155. The van der Waals surface area contributed by atoms with E-state index in [1.165, 1.54) is 6.07 Å². The number of carbonyl (C=O) groups excluding carboxylic acids is 1. The summed E-state index contributed by atoms with van der Waals surface area (Å²) in [6.07, 6.45) is 3.17. The molecule has 0 spiro atoms. The molecular weight excluding hydrogens is 316 g/mol. The van der Waals surface area contributed by atoms with Crippen molar-refractivity contribution in [3.8, 4) is 5.75 Å². The van der Waals surface area contributed by atoms with Gasteiger partial charge in [-0.05, 0) is 18.8 Å². The van der Waals surface area contributed by atoms with E-state index in [0.717, 1.165) is 18.9 Å². The SMILES string of the molecule is CCCCCC(=O)Oc1c([C@@H](C)CC)cc([N+](=O)[O-])cc1[N+](=O)[O-]. The number of carbonyl (C=O) groups is 1. The number of unbranched alkanes of at least 4 members (excludes halogenated alkanes) is 2. The summed E-state index contributed by atoms with van der Waals surface area (Å²) >= 11 is 0. The average molecular weight is 338 g/mol. The lowest BCUT2D eigenvalue weighted by atomic mass is 9.96. The van der Waals surface area contributed by atoms with Gasteiger partial charge in [0.2, 0.25) is 5.75 Å². The first-order chi connectivity index (χ1) is 11.3. The molecule has 0 heterocycles. The predicted octanol–water partition coefficient (Wildman–Crippen LogP) is 4.50. The van der Waals surface area contributed by atoms with Gasteiger partial charge < -0.3 is 4.74 Å². The largest absolute Gasteiger partial charge is 0.419 e. The molecule has 0 unspecified atom stereocenters. The molecule has 1 rings (SSSR count). The van der Waals surface area contributed by atoms with Gasteiger partial charge in [0.25, 0.3) is 5.69 Å². The molecule has 0 aliphatic carbocycles. The van der Waals surface area contributed by atoms with E-state index < -0.39 is 21.5 Å². The number of nitrogens with zero attached hydrogens (tertiary/aromatic N) is 2. The molecule has 0 radical (unpaired) electrons. The van der Waals surface area contributed by atoms with Gasteiger partial charge in [0, 0.05) is 18.1 Å². The molecule has 0 aliphatic heterocycles. The van der Waals surface area contributed by atoms with E-state index in [1.54, 1.807) is 6.92 Å². The van der Waals surface area contributed by atoms with Crippen LogP contribution >= 0.6 is 0 Å². The summed E-state index contributed by atoms with van der Waals surface area (Å²) < 4.78 is 5.24. The fourth-order valence-electron chi connectivity index (χ4n) is 2.24. The molecule has 0 fully saturated rings. The molecule has 8 heteroatoms. The molecule has 0 aliphatic rings. The van der Waals surface area contributed by atoms with Crippen molar-refractivity contribution in [3.05, 3.63) is 37.9 Å². The quantitative estimate of drug-likeness (QED) is 0.215. The number of benzene rings is 1. The molecule has 0 saturated heterocycles. The summed E-state index contributed by atoms with van der Waals surface area (Å²) in [6.45, 7) is 5.62. The van der Waals surface area contributed by atoms with Gasteiger partial charge in [-0.1, -0.05) is 33.6 Å². The lowest BCUT2D eigenvalue weighted by molar-refractivity contribution is -0.394. The maximum absolute atomic E-state index is 12.0. The van der Waals surface area contributed by atoms with Crippen molar-refractivity contribution in [2.75, 3.05) is 0 Å². The van der Waals surface area contributed by atoms with E-state index in [2.05, 4.69) is 0 Å². The summed E-state index contributed by atoms with van der Waals surface area (Å²) in [5, 5.41) is 22.3. The summed E-state index contributed by atoms with van der Waals surface area (Å²) in [7, 11) is 0. The third-order valence-electron chi connectivity index (χ3n) is 3.83. The van der Waals surface area contributed by atoms with Crippen molar-refractivity contribution in [3.63, 3.8) is 0 Å². The highest BCUT2D eigenvalue weighted by Crippen LogP contribution is 2.40. The van der Waals surface area contributed by atoms with Crippen LogP contribution in [0.15, 0.2) is 12.1 Å². The Morgan fingerprint density at radius 1 is 1.17 bits per heavy atom. The van der Waals surface area contributed by atoms with Crippen molar-refractivity contribution in [1.29, 1.82) is 0 Å². The molecule has 0 N–H and O–H groups in total. The van der Waals surface area contributed by atoms with Gasteiger partial charge in [-0.25, -0.2) is 0 Å². The van der Waals surface area contributed by atoms with E-state index in [-0.39, 0.29) is 23.8 Å². The van der Waals surface area contributed by atoms with Crippen LogP contribution in [0.2, 0.25) is 0 Å². The van der Waals surface area contributed by atoms with Crippen LogP contribution in [0.25, 0.3) is 0 Å². The summed E-state index contributed by atoms with van der Waals surface area (Å²) in [5.74, 6) is -0.964. The second-order valence-electron chi connectivity index (χ2n) is 5.64. The second kappa shape index (κ2) is 8.95. The van der Waals surface area contributed by atoms with Crippen LogP contribution in [0.4, 0.5) is 11.4 Å².